The summed E-state index contributed by atoms with van der Waals surface area (Å²) in [6.07, 6.45) is 1.75. The van der Waals surface area contributed by atoms with Crippen LogP contribution in [0, 0.1) is 13.8 Å². The van der Waals surface area contributed by atoms with Crippen LogP contribution in [0.5, 0.6) is 0 Å². The third-order valence-corrected chi connectivity index (χ3v) is 7.21. The van der Waals surface area contributed by atoms with Crippen molar-refractivity contribution < 1.29 is 4.79 Å². The molecule has 1 amide bonds. The molecule has 0 aliphatic carbocycles. The van der Waals surface area contributed by atoms with Crippen molar-refractivity contribution in [3.8, 4) is 0 Å². The zero-order chi connectivity index (χ0) is 24.6. The van der Waals surface area contributed by atoms with E-state index in [1.165, 1.54) is 22.3 Å². The Bertz CT molecular complexity index is 1570. The number of carbonyl (C=O) groups is 1. The molecule has 0 spiro atoms. The molecule has 1 N–H and O–H groups in total. The summed E-state index contributed by atoms with van der Waals surface area (Å²) in [6.45, 7) is 6.12. The zero-order valence-electron chi connectivity index (χ0n) is 20.5. The minimum absolute atomic E-state index is 0.224. The Labute approximate surface area is 210 Å². The first-order valence-corrected chi connectivity index (χ1v) is 12.2. The first-order chi connectivity index (χ1) is 17.6. The normalized spacial score (nSPS) is 13.0. The monoisotopic (exact) mass is 469 g/mol. The predicted octanol–water partition coefficient (Wildman–Crippen LogP) is 6.89. The molecule has 0 radical (unpaired) electrons. The fraction of sp³-hybridized carbons (Fsp3) is 0.125. The first kappa shape index (κ1) is 22.1. The number of benzene rings is 5. The lowest BCUT2D eigenvalue weighted by atomic mass is 9.97. The SMILES string of the molecule is Cc1cc2c(cc1C)CN(c1ccc(C(=O)N/N=C\c3c4ccccc4cc4ccccc34)cc1)C2. The standard InChI is InChI=1S/C32H27N3O/c1-21-15-26-19-35(20-27(26)16-22(21)2)28-13-11-23(12-14-28)32(36)34-33-18-31-29-9-5-3-7-24(29)17-25-8-4-6-10-30(25)31/h3-18H,19-20H2,1-2H3,(H,34,36)/b33-18-. The van der Waals surface area contributed by atoms with Crippen LogP contribution in [-0.4, -0.2) is 12.1 Å². The lowest BCUT2D eigenvalue weighted by Gasteiger charge is -2.17. The van der Waals surface area contributed by atoms with Gasteiger partial charge in [0.15, 0.2) is 0 Å². The highest BCUT2D eigenvalue weighted by Gasteiger charge is 2.20. The topological polar surface area (TPSA) is 44.7 Å². The number of amides is 1. The van der Waals surface area contributed by atoms with Gasteiger partial charge in [-0.05, 0) is 88.0 Å². The quantitative estimate of drug-likeness (QED) is 0.177. The Balaban J connectivity index is 1.19. The Morgan fingerprint density at radius 2 is 1.33 bits per heavy atom. The molecular formula is C32H27N3O. The van der Waals surface area contributed by atoms with Gasteiger partial charge in [0.1, 0.15) is 0 Å². The third kappa shape index (κ3) is 4.01. The van der Waals surface area contributed by atoms with Gasteiger partial charge in [-0.2, -0.15) is 5.10 Å². The molecule has 0 fully saturated rings. The van der Waals surface area contributed by atoms with Crippen LogP contribution in [0.1, 0.15) is 38.2 Å². The molecule has 0 atom stereocenters. The molecule has 4 nitrogen and oxygen atoms in total. The number of hydrogen-bond donors (Lipinski definition) is 1. The molecule has 6 rings (SSSR count). The minimum atomic E-state index is -0.224. The van der Waals surface area contributed by atoms with Gasteiger partial charge < -0.3 is 4.90 Å². The lowest BCUT2D eigenvalue weighted by Crippen LogP contribution is -2.18. The number of aryl methyl sites for hydroxylation is 2. The summed E-state index contributed by atoms with van der Waals surface area (Å²) < 4.78 is 0. The molecule has 1 aliphatic rings. The van der Waals surface area contributed by atoms with Gasteiger partial charge in [0, 0.05) is 29.9 Å². The second kappa shape index (κ2) is 8.97. The fourth-order valence-electron chi connectivity index (χ4n) is 5.11. The van der Waals surface area contributed by atoms with E-state index in [9.17, 15) is 4.79 Å². The smallest absolute Gasteiger partial charge is 0.271 e. The van der Waals surface area contributed by atoms with E-state index >= 15 is 0 Å². The highest BCUT2D eigenvalue weighted by molar-refractivity contribution is 6.13. The van der Waals surface area contributed by atoms with E-state index in [4.69, 9.17) is 0 Å². The highest BCUT2D eigenvalue weighted by Crippen LogP contribution is 2.30. The van der Waals surface area contributed by atoms with Crippen LogP contribution in [-0.2, 0) is 13.1 Å². The van der Waals surface area contributed by atoms with Gasteiger partial charge in [0.05, 0.1) is 6.21 Å². The average Bonchev–Trinajstić information content (AvgIpc) is 3.31. The maximum absolute atomic E-state index is 12.8. The number of hydrogen-bond acceptors (Lipinski definition) is 3. The number of nitrogens with zero attached hydrogens (tertiary/aromatic N) is 2. The summed E-state index contributed by atoms with van der Waals surface area (Å²) in [6, 6.07) is 31.0. The van der Waals surface area contributed by atoms with Gasteiger partial charge in [-0.3, -0.25) is 4.79 Å². The Hall–Kier alpha value is -4.44. The summed E-state index contributed by atoms with van der Waals surface area (Å²) >= 11 is 0. The lowest BCUT2D eigenvalue weighted by molar-refractivity contribution is 0.0955. The van der Waals surface area contributed by atoms with E-state index in [2.05, 4.69) is 71.7 Å². The van der Waals surface area contributed by atoms with E-state index in [0.29, 0.717) is 5.56 Å². The highest BCUT2D eigenvalue weighted by atomic mass is 16.2. The van der Waals surface area contributed by atoms with E-state index in [-0.39, 0.29) is 5.91 Å². The van der Waals surface area contributed by atoms with Crippen molar-refractivity contribution in [3.63, 3.8) is 0 Å². The molecule has 0 unspecified atom stereocenters. The van der Waals surface area contributed by atoms with E-state index < -0.39 is 0 Å². The molecule has 1 heterocycles. The Morgan fingerprint density at radius 3 is 1.92 bits per heavy atom. The second-order valence-corrected chi connectivity index (χ2v) is 9.54. The molecule has 0 bridgehead atoms. The molecule has 0 saturated carbocycles. The minimum Gasteiger partial charge on any atom is -0.363 e. The van der Waals surface area contributed by atoms with Crippen LogP contribution in [0.4, 0.5) is 5.69 Å². The molecule has 0 aromatic heterocycles. The van der Waals surface area contributed by atoms with Gasteiger partial charge in [-0.25, -0.2) is 5.43 Å². The maximum Gasteiger partial charge on any atom is 0.271 e. The van der Waals surface area contributed by atoms with Crippen LogP contribution in [0.2, 0.25) is 0 Å². The van der Waals surface area contributed by atoms with E-state index in [1.54, 1.807) is 6.21 Å². The number of fused-ring (bicyclic) bond motifs is 3. The molecule has 4 heteroatoms. The fourth-order valence-corrected chi connectivity index (χ4v) is 5.11. The second-order valence-electron chi connectivity index (χ2n) is 9.54. The van der Waals surface area contributed by atoms with Crippen LogP contribution < -0.4 is 10.3 Å². The molecule has 5 aromatic carbocycles. The van der Waals surface area contributed by atoms with Gasteiger partial charge in [0.25, 0.3) is 5.91 Å². The van der Waals surface area contributed by atoms with E-state index in [1.807, 2.05) is 48.5 Å². The summed E-state index contributed by atoms with van der Waals surface area (Å²) in [7, 11) is 0. The Kier molecular flexibility index (Phi) is 5.49. The first-order valence-electron chi connectivity index (χ1n) is 12.2. The van der Waals surface area contributed by atoms with Crippen molar-refractivity contribution in [2.24, 2.45) is 5.10 Å². The maximum atomic E-state index is 12.8. The number of rotatable bonds is 4. The molecule has 5 aromatic rings. The van der Waals surface area contributed by atoms with Gasteiger partial charge in [-0.1, -0.05) is 60.7 Å². The van der Waals surface area contributed by atoms with Gasteiger partial charge in [-0.15, -0.1) is 0 Å². The number of hydrazone groups is 1. The van der Waals surface area contributed by atoms with Crippen molar-refractivity contribution in [2.75, 3.05) is 4.90 Å². The van der Waals surface area contributed by atoms with Crippen molar-refractivity contribution in [2.45, 2.75) is 26.9 Å². The molecule has 36 heavy (non-hydrogen) atoms. The van der Waals surface area contributed by atoms with Gasteiger partial charge >= 0.3 is 0 Å². The molecule has 176 valence electrons. The summed E-state index contributed by atoms with van der Waals surface area (Å²) in [4.78, 5) is 15.2. The van der Waals surface area contributed by atoms with E-state index in [0.717, 1.165) is 45.9 Å². The summed E-state index contributed by atoms with van der Waals surface area (Å²) in [5.41, 5.74) is 10.8. The largest absolute Gasteiger partial charge is 0.363 e. The van der Waals surface area contributed by atoms with Crippen LogP contribution in [0.15, 0.2) is 96.1 Å². The number of nitrogens with one attached hydrogen (secondary N) is 1. The molecule has 0 saturated heterocycles. The van der Waals surface area contributed by atoms with Crippen LogP contribution >= 0.6 is 0 Å². The van der Waals surface area contributed by atoms with Crippen molar-refractivity contribution in [1.29, 1.82) is 0 Å². The van der Waals surface area contributed by atoms with Crippen molar-refractivity contribution in [3.05, 3.63) is 124 Å². The zero-order valence-corrected chi connectivity index (χ0v) is 20.5. The predicted molar refractivity (Wildman–Crippen MR) is 149 cm³/mol. The Morgan fingerprint density at radius 1 is 0.778 bits per heavy atom. The molecule has 1 aliphatic heterocycles. The van der Waals surface area contributed by atoms with Crippen molar-refractivity contribution in [1.82, 2.24) is 5.43 Å². The average molecular weight is 470 g/mol. The molecular weight excluding hydrogens is 442 g/mol. The van der Waals surface area contributed by atoms with Crippen molar-refractivity contribution >= 4 is 39.4 Å². The van der Waals surface area contributed by atoms with Crippen LogP contribution in [0.3, 0.4) is 0 Å². The summed E-state index contributed by atoms with van der Waals surface area (Å²) in [5, 5.41) is 8.83. The number of carbonyl (C=O) groups excluding carboxylic acids is 1. The van der Waals surface area contributed by atoms with Gasteiger partial charge in [0.2, 0.25) is 0 Å². The number of anilines is 1. The third-order valence-electron chi connectivity index (χ3n) is 7.21. The van der Waals surface area contributed by atoms with Crippen LogP contribution in [0.25, 0.3) is 21.5 Å². The summed E-state index contributed by atoms with van der Waals surface area (Å²) in [5.74, 6) is -0.224.